The van der Waals surface area contributed by atoms with E-state index < -0.39 is 43.0 Å². The van der Waals surface area contributed by atoms with Gasteiger partial charge in [-0.05, 0) is 12.8 Å². The van der Waals surface area contributed by atoms with E-state index in [9.17, 15) is 22.4 Å². The number of carbonyl (C=O) groups excluding carboxylic acids is 1. The molecule has 1 heterocycles. The average molecular weight is 299 g/mol. The molecule has 2 aliphatic rings. The fourth-order valence-electron chi connectivity index (χ4n) is 2.65. The SMILES string of the molecule is COC1(C(=O)N2CC(OC(F)F)C2)CCC(F)(F)CC1. The Morgan fingerprint density at radius 3 is 2.20 bits per heavy atom. The van der Waals surface area contributed by atoms with E-state index in [1.54, 1.807) is 0 Å². The van der Waals surface area contributed by atoms with Crippen LogP contribution in [0.2, 0.25) is 0 Å². The highest BCUT2D eigenvalue weighted by Gasteiger charge is 2.51. The molecule has 1 aliphatic carbocycles. The number of methoxy groups -OCH3 is 1. The molecular weight excluding hydrogens is 282 g/mol. The molecule has 0 unspecified atom stereocenters. The Kier molecular flexibility index (Phi) is 4.24. The fourth-order valence-corrected chi connectivity index (χ4v) is 2.65. The third-order valence-corrected chi connectivity index (χ3v) is 4.00. The Labute approximate surface area is 114 Å². The summed E-state index contributed by atoms with van der Waals surface area (Å²) in [5, 5.41) is 0. The van der Waals surface area contributed by atoms with Gasteiger partial charge in [0.25, 0.3) is 5.91 Å². The lowest BCUT2D eigenvalue weighted by molar-refractivity contribution is -0.210. The van der Waals surface area contributed by atoms with Gasteiger partial charge in [-0.25, -0.2) is 8.78 Å². The fraction of sp³-hybridized carbons (Fsp3) is 0.917. The molecule has 4 nitrogen and oxygen atoms in total. The van der Waals surface area contributed by atoms with E-state index in [1.807, 2.05) is 0 Å². The second-order valence-electron chi connectivity index (χ2n) is 5.28. The van der Waals surface area contributed by atoms with Crippen LogP contribution >= 0.6 is 0 Å². The summed E-state index contributed by atoms with van der Waals surface area (Å²) in [4.78, 5) is 13.6. The van der Waals surface area contributed by atoms with E-state index in [2.05, 4.69) is 4.74 Å². The van der Waals surface area contributed by atoms with Crippen molar-refractivity contribution in [2.24, 2.45) is 0 Å². The largest absolute Gasteiger partial charge is 0.368 e. The molecule has 0 bridgehead atoms. The minimum absolute atomic E-state index is 0.0463. The normalized spacial score (nSPS) is 25.6. The topological polar surface area (TPSA) is 38.8 Å². The van der Waals surface area contributed by atoms with Crippen molar-refractivity contribution in [1.29, 1.82) is 0 Å². The van der Waals surface area contributed by atoms with Gasteiger partial charge in [-0.1, -0.05) is 0 Å². The number of nitrogens with zero attached hydrogens (tertiary/aromatic N) is 1. The van der Waals surface area contributed by atoms with E-state index in [4.69, 9.17) is 4.74 Å². The molecule has 1 saturated heterocycles. The lowest BCUT2D eigenvalue weighted by atomic mass is 9.81. The molecule has 116 valence electrons. The second-order valence-corrected chi connectivity index (χ2v) is 5.28. The van der Waals surface area contributed by atoms with Gasteiger partial charge >= 0.3 is 6.61 Å². The maximum atomic E-state index is 13.2. The summed E-state index contributed by atoms with van der Waals surface area (Å²) >= 11 is 0. The Morgan fingerprint density at radius 2 is 1.75 bits per heavy atom. The van der Waals surface area contributed by atoms with E-state index in [0.717, 1.165) is 0 Å². The number of halogens is 4. The maximum absolute atomic E-state index is 13.2. The monoisotopic (exact) mass is 299 g/mol. The van der Waals surface area contributed by atoms with Crippen molar-refractivity contribution in [2.45, 2.75) is 49.9 Å². The van der Waals surface area contributed by atoms with Crippen LogP contribution < -0.4 is 0 Å². The van der Waals surface area contributed by atoms with E-state index in [1.165, 1.54) is 12.0 Å². The molecule has 0 radical (unpaired) electrons. The van der Waals surface area contributed by atoms with Gasteiger partial charge in [0.2, 0.25) is 5.92 Å². The van der Waals surface area contributed by atoms with Crippen molar-refractivity contribution in [3.8, 4) is 0 Å². The molecule has 0 aromatic heterocycles. The molecule has 20 heavy (non-hydrogen) atoms. The molecule has 0 spiro atoms. The van der Waals surface area contributed by atoms with E-state index >= 15 is 0 Å². The maximum Gasteiger partial charge on any atom is 0.345 e. The van der Waals surface area contributed by atoms with Gasteiger partial charge in [-0.3, -0.25) is 4.79 Å². The number of amides is 1. The molecule has 2 rings (SSSR count). The molecule has 0 N–H and O–H groups in total. The predicted molar refractivity (Wildman–Crippen MR) is 60.6 cm³/mol. The second kappa shape index (κ2) is 5.48. The quantitative estimate of drug-likeness (QED) is 0.746. The van der Waals surface area contributed by atoms with Crippen LogP contribution in [0, 0.1) is 0 Å². The van der Waals surface area contributed by atoms with Crippen molar-refractivity contribution in [2.75, 3.05) is 20.2 Å². The van der Waals surface area contributed by atoms with Gasteiger partial charge < -0.3 is 14.4 Å². The summed E-state index contributed by atoms with van der Waals surface area (Å²) in [7, 11) is 1.31. The van der Waals surface area contributed by atoms with Gasteiger partial charge in [0.05, 0.1) is 6.10 Å². The highest BCUT2D eigenvalue weighted by atomic mass is 19.3. The van der Waals surface area contributed by atoms with Crippen molar-refractivity contribution in [3.05, 3.63) is 0 Å². The van der Waals surface area contributed by atoms with Crippen LogP contribution in [0.5, 0.6) is 0 Å². The Morgan fingerprint density at radius 1 is 1.20 bits per heavy atom. The van der Waals surface area contributed by atoms with Crippen LogP contribution in [-0.4, -0.2) is 55.2 Å². The third kappa shape index (κ3) is 3.06. The summed E-state index contributed by atoms with van der Waals surface area (Å²) in [6, 6.07) is 0. The number of hydrogen-bond donors (Lipinski definition) is 0. The molecule has 0 atom stereocenters. The number of likely N-dealkylation sites (tertiary alicyclic amines) is 1. The zero-order valence-corrected chi connectivity index (χ0v) is 11.1. The number of hydrogen-bond acceptors (Lipinski definition) is 3. The lowest BCUT2D eigenvalue weighted by Crippen LogP contribution is -2.62. The first-order chi connectivity index (χ1) is 9.28. The average Bonchev–Trinajstić information content (AvgIpc) is 2.33. The molecule has 1 amide bonds. The summed E-state index contributed by atoms with van der Waals surface area (Å²) in [5.41, 5.74) is -1.25. The van der Waals surface area contributed by atoms with E-state index in [0.29, 0.717) is 0 Å². The molecule has 1 saturated carbocycles. The summed E-state index contributed by atoms with van der Waals surface area (Å²) < 4.78 is 59.8. The first-order valence-corrected chi connectivity index (χ1v) is 6.44. The van der Waals surface area contributed by atoms with Gasteiger partial charge in [0.1, 0.15) is 5.60 Å². The van der Waals surface area contributed by atoms with Gasteiger partial charge in [0, 0.05) is 33.0 Å². The minimum atomic E-state index is -2.87. The highest BCUT2D eigenvalue weighted by Crippen LogP contribution is 2.41. The van der Waals surface area contributed by atoms with Crippen molar-refractivity contribution < 1.29 is 31.8 Å². The number of alkyl halides is 4. The molecule has 0 aromatic carbocycles. The molecular formula is C12H17F4NO3. The number of carbonyl (C=O) groups is 1. The summed E-state index contributed by atoms with van der Waals surface area (Å²) in [6.07, 6.45) is -1.63. The minimum Gasteiger partial charge on any atom is -0.368 e. The molecule has 0 aromatic rings. The Hall–Kier alpha value is -0.890. The Bertz CT molecular complexity index is 362. The van der Waals surface area contributed by atoms with Crippen molar-refractivity contribution in [1.82, 2.24) is 4.90 Å². The highest BCUT2D eigenvalue weighted by molar-refractivity contribution is 5.86. The van der Waals surface area contributed by atoms with Gasteiger partial charge in [0.15, 0.2) is 0 Å². The number of rotatable bonds is 4. The zero-order chi connectivity index (χ0) is 15.0. The number of ether oxygens (including phenoxy) is 2. The first kappa shape index (κ1) is 15.5. The predicted octanol–water partition coefficient (Wildman–Crippen LogP) is 2.03. The van der Waals surface area contributed by atoms with Crippen LogP contribution in [-0.2, 0) is 14.3 Å². The third-order valence-electron chi connectivity index (χ3n) is 4.00. The standard InChI is InChI=1S/C12H17F4NO3/c1-19-11(2-4-12(15,16)5-3-11)9(18)17-6-8(7-17)20-10(13)14/h8,10H,2-7H2,1H3. The van der Waals surface area contributed by atoms with Gasteiger partial charge in [-0.15, -0.1) is 0 Å². The smallest absolute Gasteiger partial charge is 0.345 e. The lowest BCUT2D eigenvalue weighted by Gasteiger charge is -2.46. The summed E-state index contributed by atoms with van der Waals surface area (Å²) in [5.74, 6) is -3.18. The van der Waals surface area contributed by atoms with Crippen LogP contribution in [0.1, 0.15) is 25.7 Å². The molecule has 2 fully saturated rings. The van der Waals surface area contributed by atoms with Crippen LogP contribution in [0.4, 0.5) is 17.6 Å². The van der Waals surface area contributed by atoms with Crippen LogP contribution in [0.15, 0.2) is 0 Å². The summed E-state index contributed by atoms with van der Waals surface area (Å²) in [6.45, 7) is -2.78. The van der Waals surface area contributed by atoms with Crippen LogP contribution in [0.3, 0.4) is 0 Å². The van der Waals surface area contributed by atoms with Gasteiger partial charge in [-0.2, -0.15) is 8.78 Å². The molecule has 1 aliphatic heterocycles. The van der Waals surface area contributed by atoms with Crippen molar-refractivity contribution >= 4 is 5.91 Å². The van der Waals surface area contributed by atoms with Crippen LogP contribution in [0.25, 0.3) is 0 Å². The first-order valence-electron chi connectivity index (χ1n) is 6.44. The zero-order valence-electron chi connectivity index (χ0n) is 11.1. The Balaban J connectivity index is 1.91. The van der Waals surface area contributed by atoms with Crippen molar-refractivity contribution in [3.63, 3.8) is 0 Å². The molecule has 8 heteroatoms. The van der Waals surface area contributed by atoms with E-state index in [-0.39, 0.29) is 25.9 Å².